The smallest absolute Gasteiger partial charge is 0.192 e. The second-order valence-electron chi connectivity index (χ2n) is 2.00. The first-order valence-corrected chi connectivity index (χ1v) is 3.08. The van der Waals surface area contributed by atoms with Crippen LogP contribution in [0.3, 0.4) is 0 Å². The molecule has 0 bridgehead atoms. The van der Waals surface area contributed by atoms with Crippen molar-refractivity contribution in [3.05, 3.63) is 18.1 Å². The van der Waals surface area contributed by atoms with Crippen molar-refractivity contribution in [2.24, 2.45) is 16.5 Å². The lowest BCUT2D eigenvalue weighted by Crippen LogP contribution is -2.22. The van der Waals surface area contributed by atoms with Gasteiger partial charge in [0.05, 0.1) is 0 Å². The molecule has 0 saturated carbocycles. The third-order valence-corrected chi connectivity index (χ3v) is 1.00. The topological polar surface area (TPSA) is 90.2 Å². The Hall–Kier alpha value is -1.65. The summed E-state index contributed by atoms with van der Waals surface area (Å²) in [5, 5.41) is 0. The molecule has 1 heterocycles. The lowest BCUT2D eigenvalue weighted by atomic mass is 10.5. The minimum absolute atomic E-state index is 0.00287. The Morgan fingerprint density at radius 1 is 1.55 bits per heavy atom. The summed E-state index contributed by atoms with van der Waals surface area (Å²) in [5.74, 6) is 1.13. The van der Waals surface area contributed by atoms with Gasteiger partial charge < -0.3 is 11.5 Å². The van der Waals surface area contributed by atoms with Crippen LogP contribution in [0.2, 0.25) is 0 Å². The van der Waals surface area contributed by atoms with E-state index >= 15 is 0 Å². The van der Waals surface area contributed by atoms with Crippen molar-refractivity contribution in [1.82, 2.24) is 9.97 Å². The molecule has 0 unspecified atom stereocenters. The van der Waals surface area contributed by atoms with Gasteiger partial charge in [0, 0.05) is 12.3 Å². The quantitative estimate of drug-likeness (QED) is 0.425. The molecule has 0 aliphatic heterocycles. The van der Waals surface area contributed by atoms with Gasteiger partial charge in [0.25, 0.3) is 0 Å². The summed E-state index contributed by atoms with van der Waals surface area (Å²) < 4.78 is 0. The fourth-order valence-corrected chi connectivity index (χ4v) is 0.638. The van der Waals surface area contributed by atoms with Crippen LogP contribution >= 0.6 is 0 Å². The highest BCUT2D eigenvalue weighted by atomic mass is 15.0. The summed E-state index contributed by atoms with van der Waals surface area (Å²) in [5.41, 5.74) is 10.3. The molecule has 0 aliphatic rings. The molecule has 0 atom stereocenters. The number of guanidine groups is 1. The molecule has 0 amide bonds. The molecule has 11 heavy (non-hydrogen) atoms. The summed E-state index contributed by atoms with van der Waals surface area (Å²) in [7, 11) is 0. The van der Waals surface area contributed by atoms with E-state index in [2.05, 4.69) is 15.0 Å². The first kappa shape index (κ1) is 7.46. The Labute approximate surface area is 64.2 Å². The van der Waals surface area contributed by atoms with Crippen LogP contribution < -0.4 is 11.5 Å². The molecule has 0 fully saturated rings. The standard InChI is InChI=1S/C6H9N5/c1-4-9-3-2-5(10-4)11-6(7)8/h2-3H,1H3,(H4,7,8,9,10,11). The van der Waals surface area contributed by atoms with E-state index in [0.717, 1.165) is 0 Å². The minimum atomic E-state index is 0.00287. The van der Waals surface area contributed by atoms with Gasteiger partial charge in [-0.2, -0.15) is 4.99 Å². The molecule has 58 valence electrons. The zero-order valence-corrected chi connectivity index (χ0v) is 6.15. The zero-order valence-electron chi connectivity index (χ0n) is 6.15. The SMILES string of the molecule is Cc1nccc(N=C(N)N)n1. The van der Waals surface area contributed by atoms with E-state index in [9.17, 15) is 0 Å². The second kappa shape index (κ2) is 2.96. The van der Waals surface area contributed by atoms with Crippen LogP contribution in [0.5, 0.6) is 0 Å². The monoisotopic (exact) mass is 151 g/mol. The normalized spacial score (nSPS) is 9.18. The Kier molecular flexibility index (Phi) is 2.00. The van der Waals surface area contributed by atoms with Gasteiger partial charge in [0.2, 0.25) is 0 Å². The summed E-state index contributed by atoms with van der Waals surface area (Å²) >= 11 is 0. The lowest BCUT2D eigenvalue weighted by molar-refractivity contribution is 1.04. The maximum atomic E-state index is 5.14. The summed E-state index contributed by atoms with van der Waals surface area (Å²) in [6.45, 7) is 1.77. The van der Waals surface area contributed by atoms with Crippen LogP contribution in [0.25, 0.3) is 0 Å². The van der Waals surface area contributed by atoms with Crippen LogP contribution in [0.15, 0.2) is 17.3 Å². The summed E-state index contributed by atoms with van der Waals surface area (Å²) in [4.78, 5) is 11.6. The van der Waals surface area contributed by atoms with Gasteiger partial charge in [0.1, 0.15) is 5.82 Å². The van der Waals surface area contributed by atoms with Crippen molar-refractivity contribution in [3.8, 4) is 0 Å². The molecule has 1 rings (SSSR count). The number of aryl methyl sites for hydroxylation is 1. The van der Waals surface area contributed by atoms with E-state index in [-0.39, 0.29) is 5.96 Å². The van der Waals surface area contributed by atoms with E-state index in [1.807, 2.05) is 0 Å². The molecule has 4 N–H and O–H groups in total. The molecular weight excluding hydrogens is 142 g/mol. The maximum Gasteiger partial charge on any atom is 0.192 e. The molecule has 0 aliphatic carbocycles. The van der Waals surface area contributed by atoms with E-state index < -0.39 is 0 Å². The van der Waals surface area contributed by atoms with E-state index in [4.69, 9.17) is 11.5 Å². The van der Waals surface area contributed by atoms with Crippen molar-refractivity contribution in [2.45, 2.75) is 6.92 Å². The predicted molar refractivity (Wildman–Crippen MR) is 42.2 cm³/mol. The van der Waals surface area contributed by atoms with E-state index in [1.165, 1.54) is 0 Å². The molecule has 0 aromatic carbocycles. The van der Waals surface area contributed by atoms with Gasteiger partial charge in [-0.1, -0.05) is 0 Å². The minimum Gasteiger partial charge on any atom is -0.370 e. The predicted octanol–water partition coefficient (Wildman–Crippen LogP) is -0.310. The van der Waals surface area contributed by atoms with Crippen molar-refractivity contribution in [1.29, 1.82) is 0 Å². The molecule has 1 aromatic heterocycles. The van der Waals surface area contributed by atoms with Gasteiger partial charge in [-0.3, -0.25) is 0 Å². The first-order chi connectivity index (χ1) is 5.18. The van der Waals surface area contributed by atoms with E-state index in [1.54, 1.807) is 19.2 Å². The highest BCUT2D eigenvalue weighted by Gasteiger charge is 1.91. The number of hydrogen-bond donors (Lipinski definition) is 2. The number of rotatable bonds is 1. The van der Waals surface area contributed by atoms with Gasteiger partial charge in [-0.15, -0.1) is 0 Å². The van der Waals surface area contributed by atoms with Crippen LogP contribution in [-0.2, 0) is 0 Å². The lowest BCUT2D eigenvalue weighted by Gasteiger charge is -1.93. The first-order valence-electron chi connectivity index (χ1n) is 3.08. The average molecular weight is 151 g/mol. The molecule has 5 heteroatoms. The fourth-order valence-electron chi connectivity index (χ4n) is 0.638. The van der Waals surface area contributed by atoms with Gasteiger partial charge in [-0.05, 0) is 6.92 Å². The maximum absolute atomic E-state index is 5.14. The largest absolute Gasteiger partial charge is 0.370 e. The van der Waals surface area contributed by atoms with Crippen molar-refractivity contribution < 1.29 is 0 Å². The molecule has 1 aromatic rings. The van der Waals surface area contributed by atoms with Crippen molar-refractivity contribution in [3.63, 3.8) is 0 Å². The van der Waals surface area contributed by atoms with Crippen LogP contribution in [0.4, 0.5) is 5.82 Å². The Balaban J connectivity index is 2.97. The third-order valence-electron chi connectivity index (χ3n) is 1.00. The molecule has 5 nitrogen and oxygen atoms in total. The molecule has 0 saturated heterocycles. The summed E-state index contributed by atoms with van der Waals surface area (Å²) in [6.07, 6.45) is 1.60. The van der Waals surface area contributed by atoms with Crippen molar-refractivity contribution in [2.75, 3.05) is 0 Å². The number of nitrogens with two attached hydrogens (primary N) is 2. The Morgan fingerprint density at radius 2 is 2.27 bits per heavy atom. The number of aromatic nitrogens is 2. The molecular formula is C6H9N5. The zero-order chi connectivity index (χ0) is 8.27. The van der Waals surface area contributed by atoms with Gasteiger partial charge in [-0.25, -0.2) is 9.97 Å². The van der Waals surface area contributed by atoms with E-state index in [0.29, 0.717) is 11.6 Å². The number of hydrogen-bond acceptors (Lipinski definition) is 3. The molecule has 0 radical (unpaired) electrons. The van der Waals surface area contributed by atoms with Crippen LogP contribution in [-0.4, -0.2) is 15.9 Å². The van der Waals surface area contributed by atoms with Gasteiger partial charge in [0.15, 0.2) is 11.8 Å². The summed E-state index contributed by atoms with van der Waals surface area (Å²) in [6, 6.07) is 1.63. The highest BCUT2D eigenvalue weighted by Crippen LogP contribution is 2.03. The van der Waals surface area contributed by atoms with Crippen LogP contribution in [0, 0.1) is 6.92 Å². The molecule has 0 spiro atoms. The van der Waals surface area contributed by atoms with Crippen LogP contribution in [0.1, 0.15) is 5.82 Å². The average Bonchev–Trinajstić information content (AvgIpc) is 1.85. The Morgan fingerprint density at radius 3 is 2.82 bits per heavy atom. The second-order valence-corrected chi connectivity index (χ2v) is 2.00. The Bertz CT molecular complexity index is 276. The van der Waals surface area contributed by atoms with Crippen molar-refractivity contribution >= 4 is 11.8 Å². The van der Waals surface area contributed by atoms with Gasteiger partial charge >= 0.3 is 0 Å². The highest BCUT2D eigenvalue weighted by molar-refractivity contribution is 5.78. The fraction of sp³-hybridized carbons (Fsp3) is 0.167. The number of nitrogens with zero attached hydrogens (tertiary/aromatic N) is 3. The number of aliphatic imine (C=N–C) groups is 1. The third kappa shape index (κ3) is 2.21.